The molecule has 3 unspecified atom stereocenters. The van der Waals surface area contributed by atoms with E-state index in [2.05, 4.69) is 191 Å². The lowest BCUT2D eigenvalue weighted by atomic mass is 9.63. The molecule has 7 aromatic carbocycles. The maximum atomic E-state index is 6.79. The molecule has 250 valence electrons. The molecule has 0 N–H and O–H groups in total. The Bertz CT molecular complexity index is 2610. The third kappa shape index (κ3) is 4.23. The lowest BCUT2D eigenvalue weighted by Gasteiger charge is -2.40. The van der Waals surface area contributed by atoms with Gasteiger partial charge < -0.3 is 4.74 Å². The highest BCUT2D eigenvalue weighted by atomic mass is 16.5. The molecule has 0 radical (unpaired) electrons. The van der Waals surface area contributed by atoms with Crippen molar-refractivity contribution in [2.75, 3.05) is 0 Å². The van der Waals surface area contributed by atoms with Crippen LogP contribution < -0.4 is 4.74 Å². The van der Waals surface area contributed by atoms with E-state index in [1.54, 1.807) is 0 Å². The Hall–Kier alpha value is -5.92. The van der Waals surface area contributed by atoms with Gasteiger partial charge in [0.15, 0.2) is 0 Å². The summed E-state index contributed by atoms with van der Waals surface area (Å²) >= 11 is 0. The van der Waals surface area contributed by atoms with E-state index >= 15 is 0 Å². The van der Waals surface area contributed by atoms with Crippen molar-refractivity contribution in [1.29, 1.82) is 0 Å². The van der Waals surface area contributed by atoms with Crippen molar-refractivity contribution in [3.8, 4) is 22.6 Å². The first kappa shape index (κ1) is 30.9. The topological polar surface area (TPSA) is 9.23 Å². The maximum absolute atomic E-state index is 6.79. The van der Waals surface area contributed by atoms with Crippen LogP contribution in [0.4, 0.5) is 0 Å². The van der Waals surface area contributed by atoms with Crippen molar-refractivity contribution in [1.82, 2.24) is 0 Å². The second-order valence-electron chi connectivity index (χ2n) is 15.1. The summed E-state index contributed by atoms with van der Waals surface area (Å²) in [5, 5.41) is 2.59. The average Bonchev–Trinajstić information content (AvgIpc) is 3.49. The minimum Gasteiger partial charge on any atom is -0.457 e. The van der Waals surface area contributed by atoms with Crippen LogP contribution in [0.25, 0.3) is 27.5 Å². The molecule has 3 atom stereocenters. The quantitative estimate of drug-likeness (QED) is 0.181. The third-order valence-electron chi connectivity index (χ3n) is 12.2. The summed E-state index contributed by atoms with van der Waals surface area (Å²) in [6.07, 6.45) is 5.81. The van der Waals surface area contributed by atoms with Crippen LogP contribution in [0, 0.1) is 12.8 Å². The summed E-state index contributed by atoms with van der Waals surface area (Å²) in [4.78, 5) is 0. The second-order valence-corrected chi connectivity index (χ2v) is 15.1. The number of fused-ring (bicyclic) bond motifs is 6. The summed E-state index contributed by atoms with van der Waals surface area (Å²) in [5.41, 5.74) is 14.7. The lowest BCUT2D eigenvalue weighted by Crippen LogP contribution is -2.32. The summed E-state index contributed by atoms with van der Waals surface area (Å²) in [5.74, 6) is 2.28. The molecule has 0 spiro atoms. The Kier molecular flexibility index (Phi) is 6.86. The van der Waals surface area contributed by atoms with Gasteiger partial charge >= 0.3 is 0 Å². The molecule has 52 heavy (non-hydrogen) atoms. The van der Waals surface area contributed by atoms with Crippen molar-refractivity contribution < 1.29 is 4.74 Å². The zero-order valence-corrected chi connectivity index (χ0v) is 29.9. The van der Waals surface area contributed by atoms with Crippen molar-refractivity contribution >= 4 is 16.3 Å². The fourth-order valence-electron chi connectivity index (χ4n) is 9.85. The van der Waals surface area contributed by atoms with Crippen LogP contribution in [0.1, 0.15) is 64.8 Å². The number of ether oxygens (including phenoxy) is 1. The second kappa shape index (κ2) is 11.6. The molecule has 3 aliphatic rings. The summed E-state index contributed by atoms with van der Waals surface area (Å²) < 4.78 is 6.79. The number of benzene rings is 7. The zero-order valence-electron chi connectivity index (χ0n) is 29.9. The summed E-state index contributed by atoms with van der Waals surface area (Å²) in [6, 6.07) is 58.3. The molecular formula is C51H40O. The van der Waals surface area contributed by atoms with Crippen LogP contribution in [0.2, 0.25) is 0 Å². The van der Waals surface area contributed by atoms with Gasteiger partial charge in [-0.2, -0.15) is 0 Å². The molecule has 0 saturated heterocycles. The Morgan fingerprint density at radius 2 is 1.33 bits per heavy atom. The average molecular weight is 669 g/mol. The molecule has 0 aromatic heterocycles. The van der Waals surface area contributed by atoms with E-state index in [4.69, 9.17) is 4.74 Å². The zero-order chi connectivity index (χ0) is 35.0. The highest BCUT2D eigenvalue weighted by molar-refractivity contribution is 6.01. The normalized spacial score (nSPS) is 21.2. The SMILES string of the molecule is Cc1ccc2c(c1-c1cccc(C3(c4ccccc4)C4=C(C=CC(C)C4)c4ccc5ccccc5c43)c1)C(C)(c1ccccc1)c1ccccc1O2. The monoisotopic (exact) mass is 668 g/mol. The van der Waals surface area contributed by atoms with Crippen LogP contribution in [0.5, 0.6) is 11.5 Å². The van der Waals surface area contributed by atoms with Crippen LogP contribution in [-0.4, -0.2) is 0 Å². The number of rotatable bonds is 4. The van der Waals surface area contributed by atoms with Gasteiger partial charge in [0.1, 0.15) is 11.5 Å². The smallest absolute Gasteiger partial charge is 0.132 e. The molecule has 1 nitrogen and oxygen atoms in total. The Morgan fingerprint density at radius 1 is 0.615 bits per heavy atom. The molecular weight excluding hydrogens is 629 g/mol. The first-order valence-corrected chi connectivity index (χ1v) is 18.6. The van der Waals surface area contributed by atoms with E-state index < -0.39 is 10.8 Å². The van der Waals surface area contributed by atoms with E-state index in [0.29, 0.717) is 5.92 Å². The molecule has 1 heteroatoms. The first-order valence-electron chi connectivity index (χ1n) is 18.6. The minimum absolute atomic E-state index is 0.435. The predicted octanol–water partition coefficient (Wildman–Crippen LogP) is 13.0. The van der Waals surface area contributed by atoms with E-state index in [1.807, 2.05) is 0 Å². The van der Waals surface area contributed by atoms with Gasteiger partial charge in [0.2, 0.25) is 0 Å². The molecule has 10 rings (SSSR count). The highest BCUT2D eigenvalue weighted by Crippen LogP contribution is 2.60. The Labute approximate surface area is 306 Å². The van der Waals surface area contributed by atoms with Gasteiger partial charge in [-0.05, 0) is 111 Å². The molecule has 0 saturated carbocycles. The van der Waals surface area contributed by atoms with Gasteiger partial charge in [-0.1, -0.05) is 159 Å². The first-order chi connectivity index (χ1) is 25.5. The fraction of sp³-hybridized carbons (Fsp3) is 0.137. The summed E-state index contributed by atoms with van der Waals surface area (Å²) in [7, 11) is 0. The van der Waals surface area contributed by atoms with Gasteiger partial charge in [0, 0.05) is 11.1 Å². The standard InChI is InChI=1S/C51H40O/c1-33-25-28-41-42-29-27-35-15-10-11-22-40(35)48(42)51(44(41)31-33,38-19-8-5-9-20-38)39-21-14-16-36(32-39)47-34(2)26-30-46-49(47)50(3,37-17-6-4-7-18-37)43-23-12-13-24-45(43)52-46/h4-30,32-33H,31H2,1-3H3. The molecule has 0 amide bonds. The van der Waals surface area contributed by atoms with Gasteiger partial charge in [0.25, 0.3) is 0 Å². The lowest BCUT2D eigenvalue weighted by molar-refractivity contribution is 0.427. The van der Waals surface area contributed by atoms with Crippen LogP contribution in [0.3, 0.4) is 0 Å². The van der Waals surface area contributed by atoms with Crippen molar-refractivity contribution in [3.05, 3.63) is 220 Å². The maximum Gasteiger partial charge on any atom is 0.132 e. The van der Waals surface area contributed by atoms with Gasteiger partial charge in [0.05, 0.1) is 10.8 Å². The predicted molar refractivity (Wildman–Crippen MR) is 215 cm³/mol. The van der Waals surface area contributed by atoms with Crippen molar-refractivity contribution in [2.45, 2.75) is 38.0 Å². The largest absolute Gasteiger partial charge is 0.457 e. The van der Waals surface area contributed by atoms with E-state index in [9.17, 15) is 0 Å². The summed E-state index contributed by atoms with van der Waals surface area (Å²) in [6.45, 7) is 7.00. The van der Waals surface area contributed by atoms with Gasteiger partial charge in [-0.3, -0.25) is 0 Å². The molecule has 7 aromatic rings. The number of hydrogen-bond donors (Lipinski definition) is 0. The van der Waals surface area contributed by atoms with E-state index in [-0.39, 0.29) is 0 Å². The number of hydrogen-bond acceptors (Lipinski definition) is 1. The molecule has 1 aliphatic heterocycles. The van der Waals surface area contributed by atoms with Crippen LogP contribution in [-0.2, 0) is 10.8 Å². The van der Waals surface area contributed by atoms with Crippen molar-refractivity contribution in [3.63, 3.8) is 0 Å². The van der Waals surface area contributed by atoms with E-state index in [0.717, 1.165) is 17.9 Å². The Balaban J connectivity index is 1.29. The molecule has 0 bridgehead atoms. The van der Waals surface area contributed by atoms with Gasteiger partial charge in [-0.15, -0.1) is 0 Å². The van der Waals surface area contributed by atoms with Crippen LogP contribution in [0.15, 0.2) is 175 Å². The Morgan fingerprint density at radius 3 is 2.15 bits per heavy atom. The number of aryl methyl sites for hydroxylation is 1. The highest BCUT2D eigenvalue weighted by Gasteiger charge is 2.49. The van der Waals surface area contributed by atoms with Crippen molar-refractivity contribution in [2.24, 2.45) is 5.92 Å². The molecule has 0 fully saturated rings. The van der Waals surface area contributed by atoms with Crippen LogP contribution >= 0.6 is 0 Å². The molecule has 2 aliphatic carbocycles. The number of para-hydroxylation sites is 1. The minimum atomic E-state index is -0.462. The van der Waals surface area contributed by atoms with E-state index in [1.165, 1.54) is 77.6 Å². The van der Waals surface area contributed by atoms with Gasteiger partial charge in [-0.25, -0.2) is 0 Å². The third-order valence-corrected chi connectivity index (χ3v) is 12.2. The fourth-order valence-corrected chi connectivity index (χ4v) is 9.85. The number of allylic oxidation sites excluding steroid dienone is 4. The molecule has 1 heterocycles.